The molecule has 0 saturated heterocycles. The van der Waals surface area contributed by atoms with Gasteiger partial charge in [-0.2, -0.15) is 0 Å². The van der Waals surface area contributed by atoms with Crippen molar-refractivity contribution in [1.82, 2.24) is 14.9 Å². The summed E-state index contributed by atoms with van der Waals surface area (Å²) in [7, 11) is 1.78. The molecule has 168 valence electrons. The summed E-state index contributed by atoms with van der Waals surface area (Å²) in [6.07, 6.45) is 5.21. The predicted molar refractivity (Wildman–Crippen MR) is 126 cm³/mol. The van der Waals surface area contributed by atoms with Crippen LogP contribution in [0.15, 0.2) is 35.2 Å². The third kappa shape index (κ3) is 4.38. The van der Waals surface area contributed by atoms with E-state index >= 15 is 0 Å². The van der Waals surface area contributed by atoms with Crippen LogP contribution in [0, 0.1) is 5.92 Å². The molecule has 0 radical (unpaired) electrons. The van der Waals surface area contributed by atoms with Crippen molar-refractivity contribution in [3.05, 3.63) is 40.8 Å². The van der Waals surface area contributed by atoms with E-state index in [0.29, 0.717) is 29.3 Å². The molecule has 2 N–H and O–H groups in total. The summed E-state index contributed by atoms with van der Waals surface area (Å²) in [5.41, 5.74) is 3.21. The summed E-state index contributed by atoms with van der Waals surface area (Å²) in [6, 6.07) is 6.96. The zero-order chi connectivity index (χ0) is 22.7. The number of anilines is 2. The van der Waals surface area contributed by atoms with Crippen LogP contribution in [0.1, 0.15) is 49.5 Å². The van der Waals surface area contributed by atoms with Gasteiger partial charge in [-0.15, -0.1) is 11.3 Å². The molecule has 8 nitrogen and oxygen atoms in total. The standard InChI is InChI=1S/C23H27N5O3S/c1-3-24-23(31)28-19-12-17(27(2)22(30)15-7-5-4-6-8-15)10-9-16(19)11-20(28)26-21(29)18-13-32-14-25-18/h9-15H,3-8H2,1-2H3,(H,24,31)(H,26,29). The highest BCUT2D eigenvalue weighted by molar-refractivity contribution is 7.07. The third-order valence-corrected chi connectivity index (χ3v) is 6.48. The van der Waals surface area contributed by atoms with Crippen LogP contribution < -0.4 is 15.5 Å². The number of fused-ring (bicyclic) bond motifs is 1. The number of thiazole rings is 1. The molecule has 0 atom stereocenters. The molecule has 1 saturated carbocycles. The van der Waals surface area contributed by atoms with E-state index in [1.165, 1.54) is 22.3 Å². The Bertz CT molecular complexity index is 1130. The Kier molecular flexibility index (Phi) is 6.55. The number of nitrogens with zero attached hydrogens (tertiary/aromatic N) is 3. The van der Waals surface area contributed by atoms with Gasteiger partial charge in [0.1, 0.15) is 11.5 Å². The van der Waals surface area contributed by atoms with Crippen LogP contribution in [0.2, 0.25) is 0 Å². The Morgan fingerprint density at radius 1 is 1.19 bits per heavy atom. The number of aromatic nitrogens is 2. The van der Waals surface area contributed by atoms with Gasteiger partial charge in [-0.05, 0) is 38.0 Å². The molecule has 3 amide bonds. The molecule has 1 aliphatic carbocycles. The van der Waals surface area contributed by atoms with E-state index in [1.54, 1.807) is 28.9 Å². The largest absolute Gasteiger partial charge is 0.338 e. The third-order valence-electron chi connectivity index (χ3n) is 5.90. The zero-order valence-electron chi connectivity index (χ0n) is 18.3. The summed E-state index contributed by atoms with van der Waals surface area (Å²) < 4.78 is 1.44. The van der Waals surface area contributed by atoms with Gasteiger partial charge in [0.05, 0.1) is 11.0 Å². The molecule has 1 fully saturated rings. The van der Waals surface area contributed by atoms with Crippen molar-refractivity contribution >= 4 is 51.6 Å². The minimum atomic E-state index is -0.385. The van der Waals surface area contributed by atoms with E-state index in [4.69, 9.17) is 0 Å². The summed E-state index contributed by atoms with van der Waals surface area (Å²) in [6.45, 7) is 2.27. The Labute approximate surface area is 190 Å². The quantitative estimate of drug-likeness (QED) is 0.596. The minimum absolute atomic E-state index is 0.0487. The fourth-order valence-corrected chi connectivity index (χ4v) is 4.73. The summed E-state index contributed by atoms with van der Waals surface area (Å²) in [4.78, 5) is 44.2. The number of hydrogen-bond donors (Lipinski definition) is 2. The van der Waals surface area contributed by atoms with Gasteiger partial charge in [-0.3, -0.25) is 9.59 Å². The molecule has 4 rings (SSSR count). The average Bonchev–Trinajstić information content (AvgIpc) is 3.46. The van der Waals surface area contributed by atoms with Crippen LogP contribution >= 0.6 is 11.3 Å². The number of rotatable bonds is 5. The summed E-state index contributed by atoms with van der Waals surface area (Å²) >= 11 is 1.33. The lowest BCUT2D eigenvalue weighted by atomic mass is 9.88. The number of amides is 3. The van der Waals surface area contributed by atoms with Crippen LogP contribution in [0.3, 0.4) is 0 Å². The van der Waals surface area contributed by atoms with Crippen molar-refractivity contribution in [2.45, 2.75) is 39.0 Å². The van der Waals surface area contributed by atoms with Gasteiger partial charge in [0.25, 0.3) is 5.91 Å². The van der Waals surface area contributed by atoms with Gasteiger partial charge in [-0.1, -0.05) is 25.3 Å². The fourth-order valence-electron chi connectivity index (χ4n) is 4.19. The first-order valence-electron chi connectivity index (χ1n) is 10.9. The number of benzene rings is 1. The molecule has 0 aliphatic heterocycles. The second kappa shape index (κ2) is 9.52. The van der Waals surface area contributed by atoms with Crippen LogP contribution in [-0.4, -0.2) is 41.0 Å². The molecule has 0 bridgehead atoms. The van der Waals surface area contributed by atoms with E-state index in [9.17, 15) is 14.4 Å². The van der Waals surface area contributed by atoms with E-state index in [-0.39, 0.29) is 23.8 Å². The Morgan fingerprint density at radius 2 is 1.97 bits per heavy atom. The second-order valence-corrected chi connectivity index (χ2v) is 8.72. The Balaban J connectivity index is 1.69. The molecular formula is C23H27N5O3S. The van der Waals surface area contributed by atoms with E-state index in [1.807, 2.05) is 25.1 Å². The lowest BCUT2D eigenvalue weighted by molar-refractivity contribution is -0.123. The number of nitrogens with one attached hydrogen (secondary N) is 2. The van der Waals surface area contributed by atoms with E-state index in [0.717, 1.165) is 31.1 Å². The fraction of sp³-hybridized carbons (Fsp3) is 0.391. The molecule has 32 heavy (non-hydrogen) atoms. The number of hydrogen-bond acceptors (Lipinski definition) is 5. The van der Waals surface area contributed by atoms with Crippen molar-refractivity contribution in [3.63, 3.8) is 0 Å². The lowest BCUT2D eigenvalue weighted by Gasteiger charge is -2.26. The maximum atomic E-state index is 13.0. The highest BCUT2D eigenvalue weighted by Gasteiger charge is 2.26. The average molecular weight is 454 g/mol. The van der Waals surface area contributed by atoms with Crippen molar-refractivity contribution < 1.29 is 14.4 Å². The molecule has 1 aromatic carbocycles. The monoisotopic (exact) mass is 453 g/mol. The Hall–Kier alpha value is -3.20. The number of carbonyl (C=O) groups is 3. The van der Waals surface area contributed by atoms with E-state index < -0.39 is 0 Å². The lowest BCUT2D eigenvalue weighted by Crippen LogP contribution is -2.34. The highest BCUT2D eigenvalue weighted by Crippen LogP contribution is 2.31. The van der Waals surface area contributed by atoms with Crippen LogP contribution in [-0.2, 0) is 4.79 Å². The SMILES string of the molecule is CCNC(=O)n1c(NC(=O)c2cscn2)cc2ccc(N(C)C(=O)C3CCCCC3)cc21. The maximum Gasteiger partial charge on any atom is 0.327 e. The minimum Gasteiger partial charge on any atom is -0.338 e. The number of carbonyl (C=O) groups excluding carboxylic acids is 3. The molecule has 1 aliphatic rings. The molecule has 0 unspecified atom stereocenters. The predicted octanol–water partition coefficient (Wildman–Crippen LogP) is 4.47. The molecule has 2 aromatic heterocycles. The van der Waals surface area contributed by atoms with E-state index in [2.05, 4.69) is 15.6 Å². The summed E-state index contributed by atoms with van der Waals surface area (Å²) in [5.74, 6) is 0.122. The van der Waals surface area contributed by atoms with Gasteiger partial charge < -0.3 is 15.5 Å². The Morgan fingerprint density at radius 3 is 2.66 bits per heavy atom. The van der Waals surface area contributed by atoms with Crippen LogP contribution in [0.25, 0.3) is 10.9 Å². The van der Waals surface area contributed by atoms with Crippen LogP contribution in [0.5, 0.6) is 0 Å². The second-order valence-electron chi connectivity index (χ2n) is 8.00. The molecule has 2 heterocycles. The van der Waals surface area contributed by atoms with Gasteiger partial charge in [0.2, 0.25) is 5.91 Å². The maximum absolute atomic E-state index is 13.0. The van der Waals surface area contributed by atoms with Crippen LogP contribution in [0.4, 0.5) is 16.3 Å². The zero-order valence-corrected chi connectivity index (χ0v) is 19.1. The molecule has 3 aromatic rings. The smallest absolute Gasteiger partial charge is 0.327 e. The van der Waals surface area contributed by atoms with Crippen molar-refractivity contribution in [3.8, 4) is 0 Å². The first-order valence-corrected chi connectivity index (χ1v) is 11.8. The van der Waals surface area contributed by atoms with Gasteiger partial charge in [0.15, 0.2) is 0 Å². The highest BCUT2D eigenvalue weighted by atomic mass is 32.1. The normalized spacial score (nSPS) is 14.3. The van der Waals surface area contributed by atoms with Gasteiger partial charge in [0, 0.05) is 36.0 Å². The topological polar surface area (TPSA) is 96.3 Å². The molecule has 0 spiro atoms. The van der Waals surface area contributed by atoms with Gasteiger partial charge in [-0.25, -0.2) is 14.3 Å². The van der Waals surface area contributed by atoms with Crippen molar-refractivity contribution in [1.29, 1.82) is 0 Å². The van der Waals surface area contributed by atoms with Crippen molar-refractivity contribution in [2.75, 3.05) is 23.8 Å². The molecular weight excluding hydrogens is 426 g/mol. The van der Waals surface area contributed by atoms with Crippen molar-refractivity contribution in [2.24, 2.45) is 5.92 Å². The molecule has 9 heteroatoms. The summed E-state index contributed by atoms with van der Waals surface area (Å²) in [5, 5.41) is 8.02. The van der Waals surface area contributed by atoms with Gasteiger partial charge >= 0.3 is 6.03 Å². The first kappa shape index (κ1) is 22.0. The first-order chi connectivity index (χ1) is 15.5.